The van der Waals surface area contributed by atoms with Gasteiger partial charge in [-0.1, -0.05) is 56.2 Å². The molecule has 2 aliphatic rings. The highest BCUT2D eigenvalue weighted by molar-refractivity contribution is 5.87. The minimum absolute atomic E-state index is 0.0303. The van der Waals surface area contributed by atoms with E-state index in [9.17, 15) is 14.4 Å². The van der Waals surface area contributed by atoms with E-state index in [4.69, 9.17) is 0 Å². The highest BCUT2D eigenvalue weighted by Crippen LogP contribution is 2.34. The second kappa shape index (κ2) is 10.7. The van der Waals surface area contributed by atoms with Crippen LogP contribution in [0.25, 0.3) is 0 Å². The molecule has 4 rings (SSSR count). The molecule has 176 valence electrons. The van der Waals surface area contributed by atoms with E-state index >= 15 is 0 Å². The molecule has 0 unspecified atom stereocenters. The topological polar surface area (TPSA) is 83.4 Å². The summed E-state index contributed by atoms with van der Waals surface area (Å²) in [6.07, 6.45) is 4.52. The molecule has 0 aliphatic carbocycles. The fraction of sp³-hybridized carbons (Fsp3) is 0.500. The van der Waals surface area contributed by atoms with Gasteiger partial charge in [0.2, 0.25) is 5.91 Å². The maximum Gasteiger partial charge on any atom is 0.318 e. The van der Waals surface area contributed by atoms with Gasteiger partial charge in [0.1, 0.15) is 6.04 Å². The number of fused-ring (bicyclic) bond motifs is 4. The number of carbonyl (C=O) groups is 2. The zero-order valence-corrected chi connectivity index (χ0v) is 19.3. The third-order valence-electron chi connectivity index (χ3n) is 6.74. The van der Waals surface area contributed by atoms with Crippen molar-refractivity contribution in [3.63, 3.8) is 0 Å². The molecule has 3 heterocycles. The predicted molar refractivity (Wildman–Crippen MR) is 128 cm³/mol. The van der Waals surface area contributed by atoms with Crippen LogP contribution in [0.4, 0.5) is 4.79 Å². The van der Waals surface area contributed by atoms with Gasteiger partial charge in [0.05, 0.1) is 0 Å². The van der Waals surface area contributed by atoms with E-state index in [1.165, 1.54) is 0 Å². The molecule has 0 radical (unpaired) electrons. The normalized spacial score (nSPS) is 20.0. The standard InChI is InChI=1S/C26H34N4O3/c1-2-3-7-13-27-25(32)22(15-19-9-5-4-6-10-19)28-26(33)29-16-20-14-21(18-29)23-11-8-12-24(31)30(23)17-20/h4-6,8-12,20-22H,2-3,7,13-18H2,1H3,(H,27,32)(H,28,33)/t20-,21+,22+/m1/s1. The van der Waals surface area contributed by atoms with Crippen LogP contribution in [0.3, 0.4) is 0 Å². The molecule has 7 nitrogen and oxygen atoms in total. The molecule has 2 aromatic rings. The predicted octanol–water partition coefficient (Wildman–Crippen LogP) is 2.89. The lowest BCUT2D eigenvalue weighted by Gasteiger charge is -2.43. The number of likely N-dealkylation sites (tertiary alicyclic amines) is 1. The fourth-order valence-electron chi connectivity index (χ4n) is 5.07. The number of nitrogens with one attached hydrogen (secondary N) is 2. The molecular weight excluding hydrogens is 416 g/mol. The maximum absolute atomic E-state index is 13.3. The van der Waals surface area contributed by atoms with Gasteiger partial charge in [-0.05, 0) is 30.4 Å². The summed E-state index contributed by atoms with van der Waals surface area (Å²) in [6, 6.07) is 14.3. The lowest BCUT2D eigenvalue weighted by atomic mass is 9.83. The van der Waals surface area contributed by atoms with Crippen LogP contribution in [0.5, 0.6) is 0 Å². The average Bonchev–Trinajstić information content (AvgIpc) is 2.82. The zero-order chi connectivity index (χ0) is 23.2. The van der Waals surface area contributed by atoms with Gasteiger partial charge in [-0.2, -0.15) is 0 Å². The van der Waals surface area contributed by atoms with Crippen molar-refractivity contribution >= 4 is 11.9 Å². The monoisotopic (exact) mass is 450 g/mol. The van der Waals surface area contributed by atoms with Crippen LogP contribution >= 0.6 is 0 Å². The molecule has 2 N–H and O–H groups in total. The Balaban J connectivity index is 1.44. The second-order valence-corrected chi connectivity index (χ2v) is 9.29. The highest BCUT2D eigenvalue weighted by Gasteiger charge is 2.37. The Bertz CT molecular complexity index is 1020. The van der Waals surface area contributed by atoms with E-state index in [0.717, 1.165) is 36.9 Å². The Labute approximate surface area is 195 Å². The van der Waals surface area contributed by atoms with E-state index in [2.05, 4.69) is 17.6 Å². The molecule has 1 saturated heterocycles. The van der Waals surface area contributed by atoms with Crippen molar-refractivity contribution in [2.75, 3.05) is 19.6 Å². The molecule has 7 heteroatoms. The van der Waals surface area contributed by atoms with Gasteiger partial charge in [0.15, 0.2) is 0 Å². The van der Waals surface area contributed by atoms with E-state index < -0.39 is 6.04 Å². The van der Waals surface area contributed by atoms with Crippen LogP contribution in [0.2, 0.25) is 0 Å². The summed E-state index contributed by atoms with van der Waals surface area (Å²) in [4.78, 5) is 40.3. The Hall–Kier alpha value is -3.09. The maximum atomic E-state index is 13.3. The second-order valence-electron chi connectivity index (χ2n) is 9.29. The van der Waals surface area contributed by atoms with Crippen molar-refractivity contribution in [2.45, 2.75) is 57.5 Å². The number of rotatable bonds is 8. The van der Waals surface area contributed by atoms with Crippen molar-refractivity contribution in [1.82, 2.24) is 20.1 Å². The lowest BCUT2D eigenvalue weighted by Crippen LogP contribution is -2.56. The number of unbranched alkanes of at least 4 members (excludes halogenated alkanes) is 2. The Morgan fingerprint density at radius 1 is 1.03 bits per heavy atom. The minimum atomic E-state index is -0.627. The van der Waals surface area contributed by atoms with Crippen LogP contribution in [-0.2, 0) is 17.8 Å². The van der Waals surface area contributed by atoms with Gasteiger partial charge >= 0.3 is 6.03 Å². The minimum Gasteiger partial charge on any atom is -0.354 e. The Kier molecular flexibility index (Phi) is 7.47. The number of benzene rings is 1. The van der Waals surface area contributed by atoms with Crippen LogP contribution in [0, 0.1) is 5.92 Å². The summed E-state index contributed by atoms with van der Waals surface area (Å²) in [5.41, 5.74) is 2.05. The number of aromatic nitrogens is 1. The molecule has 0 saturated carbocycles. The zero-order valence-electron chi connectivity index (χ0n) is 19.3. The first kappa shape index (κ1) is 23.1. The third kappa shape index (κ3) is 5.64. The number of amides is 3. The first-order valence-electron chi connectivity index (χ1n) is 12.1. The van der Waals surface area contributed by atoms with Crippen molar-refractivity contribution in [3.8, 4) is 0 Å². The SMILES string of the molecule is CCCCCNC(=O)[C@H](Cc1ccccc1)NC(=O)N1C[C@H]2C[C@@H](C1)c1cccc(=O)n1C2. The number of pyridine rings is 1. The first-order valence-corrected chi connectivity index (χ1v) is 12.1. The highest BCUT2D eigenvalue weighted by atomic mass is 16.2. The molecule has 2 aliphatic heterocycles. The smallest absolute Gasteiger partial charge is 0.318 e. The molecule has 1 fully saturated rings. The van der Waals surface area contributed by atoms with E-state index in [1.54, 1.807) is 12.1 Å². The average molecular weight is 451 g/mol. The number of carbonyl (C=O) groups excluding carboxylic acids is 2. The number of urea groups is 1. The largest absolute Gasteiger partial charge is 0.354 e. The molecule has 1 aromatic carbocycles. The van der Waals surface area contributed by atoms with Crippen molar-refractivity contribution in [1.29, 1.82) is 0 Å². The molecule has 3 amide bonds. The van der Waals surface area contributed by atoms with Gasteiger partial charge in [0.25, 0.3) is 5.56 Å². The summed E-state index contributed by atoms with van der Waals surface area (Å²) in [5, 5.41) is 6.00. The fourth-order valence-corrected chi connectivity index (χ4v) is 5.07. The van der Waals surface area contributed by atoms with Gasteiger partial charge in [-0.25, -0.2) is 4.79 Å². The van der Waals surface area contributed by atoms with Gasteiger partial charge < -0.3 is 20.1 Å². The summed E-state index contributed by atoms with van der Waals surface area (Å²) in [7, 11) is 0. The van der Waals surface area contributed by atoms with Crippen LogP contribution in [0.1, 0.15) is 49.8 Å². The number of hydrogen-bond donors (Lipinski definition) is 2. The van der Waals surface area contributed by atoms with Gasteiger partial charge in [-0.15, -0.1) is 0 Å². The van der Waals surface area contributed by atoms with E-state index in [0.29, 0.717) is 32.6 Å². The van der Waals surface area contributed by atoms with Crippen molar-refractivity contribution in [3.05, 3.63) is 70.1 Å². The molecule has 0 spiro atoms. The number of piperidine rings is 1. The van der Waals surface area contributed by atoms with Crippen LogP contribution < -0.4 is 16.2 Å². The van der Waals surface area contributed by atoms with E-state index in [-0.39, 0.29) is 29.3 Å². The van der Waals surface area contributed by atoms with Crippen molar-refractivity contribution in [2.24, 2.45) is 5.92 Å². The molecule has 2 bridgehead atoms. The van der Waals surface area contributed by atoms with Crippen molar-refractivity contribution < 1.29 is 9.59 Å². The molecule has 1 aromatic heterocycles. The Morgan fingerprint density at radius 3 is 2.64 bits per heavy atom. The summed E-state index contributed by atoms with van der Waals surface area (Å²) >= 11 is 0. The third-order valence-corrected chi connectivity index (χ3v) is 6.74. The quantitative estimate of drug-likeness (QED) is 0.607. The van der Waals surface area contributed by atoms with Gasteiger partial charge in [-0.3, -0.25) is 9.59 Å². The summed E-state index contributed by atoms with van der Waals surface area (Å²) in [6.45, 7) is 4.54. The lowest BCUT2D eigenvalue weighted by molar-refractivity contribution is -0.123. The molecule has 33 heavy (non-hydrogen) atoms. The van der Waals surface area contributed by atoms with Crippen LogP contribution in [0.15, 0.2) is 53.3 Å². The summed E-state index contributed by atoms with van der Waals surface area (Å²) in [5.74, 6) is 0.252. The van der Waals surface area contributed by atoms with E-state index in [1.807, 2.05) is 45.9 Å². The molecule has 3 atom stereocenters. The molecular formula is C26H34N4O3. The van der Waals surface area contributed by atoms with Crippen LogP contribution in [-0.4, -0.2) is 47.1 Å². The number of hydrogen-bond acceptors (Lipinski definition) is 3. The number of nitrogens with zero attached hydrogens (tertiary/aromatic N) is 2. The van der Waals surface area contributed by atoms with Gasteiger partial charge in [0, 0.05) is 50.3 Å². The summed E-state index contributed by atoms with van der Waals surface area (Å²) < 4.78 is 1.86. The Morgan fingerprint density at radius 2 is 1.85 bits per heavy atom. The first-order chi connectivity index (χ1) is 16.0.